The van der Waals surface area contributed by atoms with Crippen LogP contribution in [-0.2, 0) is 19.1 Å². The second kappa shape index (κ2) is 14.6. The largest absolute Gasteiger partial charge is 0.479 e. The van der Waals surface area contributed by atoms with Gasteiger partial charge < -0.3 is 30.1 Å². The third-order valence-corrected chi connectivity index (χ3v) is 11.2. The van der Waals surface area contributed by atoms with Crippen LogP contribution in [0.5, 0.6) is 5.88 Å². The maximum atomic E-state index is 14.4. The van der Waals surface area contributed by atoms with Crippen molar-refractivity contribution in [3.63, 3.8) is 0 Å². The quantitative estimate of drug-likeness (QED) is 0.264. The van der Waals surface area contributed by atoms with Gasteiger partial charge in [-0.1, -0.05) is 42.7 Å². The highest BCUT2D eigenvalue weighted by Gasteiger charge is 2.61. The summed E-state index contributed by atoms with van der Waals surface area (Å²) in [5.41, 5.74) is 0.223. The van der Waals surface area contributed by atoms with Gasteiger partial charge in [-0.15, -0.1) is 11.3 Å². The molecule has 3 aromatic rings. The van der Waals surface area contributed by atoms with Gasteiger partial charge in [0.15, 0.2) is 0 Å². The fraction of sp³-hybridized carbons (Fsp3) is 0.500. The van der Waals surface area contributed by atoms with Crippen LogP contribution in [0.2, 0.25) is 5.02 Å². The van der Waals surface area contributed by atoms with Crippen LogP contribution >= 0.6 is 22.9 Å². The highest BCUT2D eigenvalue weighted by Crippen LogP contribution is 2.45. The van der Waals surface area contributed by atoms with Crippen LogP contribution in [0.15, 0.2) is 47.9 Å². The van der Waals surface area contributed by atoms with Crippen LogP contribution in [0, 0.1) is 5.92 Å². The van der Waals surface area contributed by atoms with E-state index in [-0.39, 0.29) is 37.3 Å². The van der Waals surface area contributed by atoms with Crippen molar-refractivity contribution < 1.29 is 33.8 Å². The molecule has 12 nitrogen and oxygen atoms in total. The van der Waals surface area contributed by atoms with Crippen molar-refractivity contribution in [1.29, 1.82) is 0 Å². The first kappa shape index (κ1) is 34.2. The Bertz CT molecular complexity index is 1800. The van der Waals surface area contributed by atoms with E-state index in [1.807, 2.05) is 29.7 Å². The zero-order chi connectivity index (χ0) is 34.8. The molecule has 1 saturated heterocycles. The summed E-state index contributed by atoms with van der Waals surface area (Å²) in [7, 11) is 0. The predicted octanol–water partition coefficient (Wildman–Crippen LogP) is 5.88. The third-order valence-electron chi connectivity index (χ3n) is 10.1. The number of alkyl carbamates (subject to hydrolysis) is 1. The van der Waals surface area contributed by atoms with E-state index in [1.165, 1.54) is 16.2 Å². The lowest BCUT2D eigenvalue weighted by atomic mass is 10.0. The number of aromatic nitrogens is 2. The van der Waals surface area contributed by atoms with Crippen molar-refractivity contribution in [2.45, 2.75) is 100 Å². The van der Waals surface area contributed by atoms with E-state index >= 15 is 0 Å². The predicted molar refractivity (Wildman–Crippen MR) is 187 cm³/mol. The normalized spacial score (nSPS) is 28.1. The average Bonchev–Trinajstić information content (AvgIpc) is 3.58. The van der Waals surface area contributed by atoms with Gasteiger partial charge in [-0.25, -0.2) is 19.6 Å². The number of ether oxygens (including phenoxy) is 2. The number of nitrogens with one attached hydrogen (secondary N) is 2. The van der Waals surface area contributed by atoms with Crippen LogP contribution in [0.4, 0.5) is 4.79 Å². The molecule has 2 aliphatic carbocycles. The first-order chi connectivity index (χ1) is 24.2. The van der Waals surface area contributed by atoms with Gasteiger partial charge in [-0.05, 0) is 81.0 Å². The molecule has 3 amide bonds. The van der Waals surface area contributed by atoms with Gasteiger partial charge in [0, 0.05) is 17.4 Å². The molecular formula is C36H40ClN5O7S. The van der Waals surface area contributed by atoms with E-state index in [1.54, 1.807) is 18.2 Å². The molecule has 2 aromatic heterocycles. The number of nitrogens with zero attached hydrogens (tertiary/aromatic N) is 3. The summed E-state index contributed by atoms with van der Waals surface area (Å²) in [6.07, 6.45) is 9.64. The molecule has 3 fully saturated rings. The topological polar surface area (TPSA) is 160 Å². The fourth-order valence-corrected chi connectivity index (χ4v) is 8.18. The van der Waals surface area contributed by atoms with Crippen molar-refractivity contribution in [3.8, 4) is 16.5 Å². The molecule has 0 bridgehead atoms. The van der Waals surface area contributed by atoms with E-state index in [0.29, 0.717) is 34.6 Å². The molecule has 1 aromatic carbocycles. The monoisotopic (exact) mass is 721 g/mol. The Hall–Kier alpha value is -4.23. The zero-order valence-corrected chi connectivity index (χ0v) is 29.1. The lowest BCUT2D eigenvalue weighted by molar-refractivity contribution is -0.145. The highest BCUT2D eigenvalue weighted by molar-refractivity contribution is 7.13. The maximum absolute atomic E-state index is 14.4. The summed E-state index contributed by atoms with van der Waals surface area (Å²) < 4.78 is 12.2. The number of carbonyl (C=O) groups excluding carboxylic acids is 3. The molecule has 50 heavy (non-hydrogen) atoms. The Morgan fingerprint density at radius 3 is 2.64 bits per heavy atom. The van der Waals surface area contributed by atoms with Crippen molar-refractivity contribution >= 4 is 57.8 Å². The van der Waals surface area contributed by atoms with E-state index in [0.717, 1.165) is 49.8 Å². The number of hydrogen-bond acceptors (Lipinski definition) is 9. The molecule has 0 spiro atoms. The molecule has 4 aliphatic rings. The maximum Gasteiger partial charge on any atom is 0.408 e. The number of hydrogen-bond donors (Lipinski definition) is 3. The SMILES string of the molecule is O=C(N[C@H]1CCCCC/C=C\[C@@H]2C[C@@]2(C(=O)O)NC(=O)C2C[C@@H](Oc3nc4cc(Cl)ccc4nc3-c3cccs3)CN2C1=O)OC1CCCC1. The van der Waals surface area contributed by atoms with E-state index in [9.17, 15) is 24.3 Å². The minimum Gasteiger partial charge on any atom is -0.479 e. The van der Waals surface area contributed by atoms with Crippen molar-refractivity contribution in [2.24, 2.45) is 5.92 Å². The van der Waals surface area contributed by atoms with Gasteiger partial charge in [0.2, 0.25) is 17.7 Å². The summed E-state index contributed by atoms with van der Waals surface area (Å²) in [6, 6.07) is 7.03. The Labute approximate surface area is 298 Å². The minimum atomic E-state index is -1.44. The Balaban J connectivity index is 1.19. The lowest BCUT2D eigenvalue weighted by Gasteiger charge is -2.29. The number of amides is 3. The van der Waals surface area contributed by atoms with Gasteiger partial charge in [-0.3, -0.25) is 9.59 Å². The number of halogens is 1. The summed E-state index contributed by atoms with van der Waals surface area (Å²) in [5.74, 6) is -2.26. The van der Waals surface area contributed by atoms with E-state index in [2.05, 4.69) is 10.6 Å². The lowest BCUT2D eigenvalue weighted by Crippen LogP contribution is -2.56. The van der Waals surface area contributed by atoms with Crippen molar-refractivity contribution in [3.05, 3.63) is 52.9 Å². The summed E-state index contributed by atoms with van der Waals surface area (Å²) in [4.78, 5) is 65.8. The van der Waals surface area contributed by atoms with Gasteiger partial charge in [0.25, 0.3) is 0 Å². The molecule has 2 saturated carbocycles. The molecule has 0 radical (unpaired) electrons. The third kappa shape index (κ3) is 7.29. The number of thiophene rings is 1. The smallest absolute Gasteiger partial charge is 0.408 e. The van der Waals surface area contributed by atoms with Gasteiger partial charge in [0.05, 0.1) is 22.5 Å². The number of benzene rings is 1. The van der Waals surface area contributed by atoms with Gasteiger partial charge in [0.1, 0.15) is 35.5 Å². The molecular weight excluding hydrogens is 682 g/mol. The number of aliphatic carboxylic acids is 1. The summed E-state index contributed by atoms with van der Waals surface area (Å²) >= 11 is 7.74. The number of rotatable bonds is 6. The van der Waals surface area contributed by atoms with E-state index < -0.39 is 47.6 Å². The van der Waals surface area contributed by atoms with Gasteiger partial charge >= 0.3 is 12.1 Å². The van der Waals surface area contributed by atoms with Crippen LogP contribution in [0.3, 0.4) is 0 Å². The molecule has 7 rings (SSSR count). The second-order valence-electron chi connectivity index (χ2n) is 13.6. The zero-order valence-electron chi connectivity index (χ0n) is 27.5. The van der Waals surface area contributed by atoms with Crippen molar-refractivity contribution in [2.75, 3.05) is 6.54 Å². The minimum absolute atomic E-state index is 0.00924. The summed E-state index contributed by atoms with van der Waals surface area (Å²) in [6.45, 7) is 0.00924. The van der Waals surface area contributed by atoms with Gasteiger partial charge in [-0.2, -0.15) is 0 Å². The molecule has 5 atom stereocenters. The van der Waals surface area contributed by atoms with Crippen LogP contribution < -0.4 is 15.4 Å². The second-order valence-corrected chi connectivity index (χ2v) is 15.0. The number of allylic oxidation sites excluding steroid dienone is 1. The van der Waals surface area contributed by atoms with E-state index in [4.69, 9.17) is 31.0 Å². The van der Waals surface area contributed by atoms with Crippen LogP contribution in [0.25, 0.3) is 21.6 Å². The summed E-state index contributed by atoms with van der Waals surface area (Å²) in [5, 5.41) is 18.2. The highest BCUT2D eigenvalue weighted by atomic mass is 35.5. The molecule has 264 valence electrons. The molecule has 14 heteroatoms. The van der Waals surface area contributed by atoms with Crippen LogP contribution in [0.1, 0.15) is 70.6 Å². The number of carboxylic acid groups (broad SMARTS) is 1. The first-order valence-electron chi connectivity index (χ1n) is 17.4. The Morgan fingerprint density at radius 1 is 1.04 bits per heavy atom. The first-order valence-corrected chi connectivity index (χ1v) is 18.6. The number of fused-ring (bicyclic) bond motifs is 3. The standard InChI is InChI=1S/C36H40ClN5O7S/c37-22-14-15-25-27(17-22)39-32(30(38-25)29-13-8-16-50-29)48-24-18-28-31(43)41-36(34(45)46)19-21(36)9-4-2-1-3-5-12-26(33(44)42(28)20-24)40-35(47)49-23-10-6-7-11-23/h4,8-9,13-17,21,23-24,26,28H,1-3,5-7,10-12,18-20H2,(H,40,47)(H,41,43)(H,45,46)/b9-4-/t21-,24-,26+,28?,36-/m1/s1. The fourth-order valence-electron chi connectivity index (χ4n) is 7.31. The number of carbonyl (C=O) groups is 4. The van der Waals surface area contributed by atoms with Crippen LogP contribution in [-0.4, -0.2) is 80.2 Å². The molecule has 4 heterocycles. The molecule has 1 unspecified atom stereocenters. The Kier molecular flexibility index (Phi) is 9.96. The Morgan fingerprint density at radius 2 is 1.86 bits per heavy atom. The molecule has 2 aliphatic heterocycles. The molecule has 3 N–H and O–H groups in total. The average molecular weight is 722 g/mol. The van der Waals surface area contributed by atoms with Crippen molar-refractivity contribution in [1.82, 2.24) is 25.5 Å². The number of carboxylic acids is 1.